The average Bonchev–Trinajstić information content (AvgIpc) is 2.88. The second kappa shape index (κ2) is 7.74. The van der Waals surface area contributed by atoms with Crippen LogP contribution in [0.5, 0.6) is 0 Å². The Morgan fingerprint density at radius 3 is 2.04 bits per heavy atom. The number of aryl methyl sites for hydroxylation is 1. The number of hydrogen-bond donors (Lipinski definition) is 3. The van der Waals surface area contributed by atoms with Crippen molar-refractivity contribution < 1.29 is 14.4 Å². The molecule has 3 amide bonds. The molecule has 126 valence electrons. The van der Waals surface area contributed by atoms with Gasteiger partial charge in [0.15, 0.2) is 0 Å². The molecule has 1 aromatic heterocycles. The number of carbonyl (C=O) groups excluding carboxylic acids is 3. The molecule has 0 radical (unpaired) electrons. The van der Waals surface area contributed by atoms with Crippen molar-refractivity contribution in [3.8, 4) is 0 Å². The molecule has 0 aliphatic rings. The van der Waals surface area contributed by atoms with Gasteiger partial charge in [0.1, 0.15) is 0 Å². The first-order valence-corrected chi connectivity index (χ1v) is 8.24. The lowest BCUT2D eigenvalue weighted by Gasteiger charge is -2.11. The third-order valence-corrected chi connectivity index (χ3v) is 4.24. The fourth-order valence-corrected chi connectivity index (χ4v) is 3.00. The van der Waals surface area contributed by atoms with Crippen LogP contribution >= 0.6 is 11.3 Å². The fraction of sp³-hybridized carbons (Fsp3) is 0.235. The van der Waals surface area contributed by atoms with Crippen LogP contribution in [-0.2, 0) is 16.1 Å². The van der Waals surface area contributed by atoms with Gasteiger partial charge in [-0.1, -0.05) is 0 Å². The highest BCUT2D eigenvalue weighted by atomic mass is 32.1. The van der Waals surface area contributed by atoms with Crippen molar-refractivity contribution in [3.05, 3.63) is 45.6 Å². The summed E-state index contributed by atoms with van der Waals surface area (Å²) in [6.07, 6.45) is 0. The van der Waals surface area contributed by atoms with E-state index in [0.717, 1.165) is 10.4 Å². The summed E-state index contributed by atoms with van der Waals surface area (Å²) < 4.78 is 0. The molecule has 0 unspecified atom stereocenters. The zero-order valence-corrected chi connectivity index (χ0v) is 14.5. The van der Waals surface area contributed by atoms with Crippen molar-refractivity contribution >= 4 is 40.4 Å². The van der Waals surface area contributed by atoms with E-state index in [4.69, 9.17) is 0 Å². The highest BCUT2D eigenvalue weighted by Gasteiger charge is 2.11. The quantitative estimate of drug-likeness (QED) is 0.779. The molecule has 0 bridgehead atoms. The van der Waals surface area contributed by atoms with Gasteiger partial charge in [0.2, 0.25) is 11.8 Å². The summed E-state index contributed by atoms with van der Waals surface area (Å²) in [7, 11) is 0. The number of hydrogen-bond acceptors (Lipinski definition) is 4. The summed E-state index contributed by atoms with van der Waals surface area (Å²) in [6, 6.07) is 6.74. The molecule has 2 aromatic rings. The first-order valence-electron chi connectivity index (χ1n) is 7.36. The molecular formula is C17H19N3O3S. The van der Waals surface area contributed by atoms with E-state index in [0.29, 0.717) is 23.5 Å². The minimum absolute atomic E-state index is 0.254. The zero-order valence-electron chi connectivity index (χ0n) is 13.7. The topological polar surface area (TPSA) is 87.3 Å². The Kier molecular flexibility index (Phi) is 5.70. The molecule has 0 fully saturated rings. The van der Waals surface area contributed by atoms with Crippen molar-refractivity contribution in [2.24, 2.45) is 0 Å². The summed E-state index contributed by atoms with van der Waals surface area (Å²) in [6.45, 7) is 5.18. The first kappa shape index (κ1) is 17.7. The molecule has 6 nitrogen and oxygen atoms in total. The van der Waals surface area contributed by atoms with Gasteiger partial charge in [0, 0.05) is 35.7 Å². The third kappa shape index (κ3) is 4.92. The lowest BCUT2D eigenvalue weighted by atomic mass is 10.1. The van der Waals surface area contributed by atoms with Crippen LogP contribution < -0.4 is 16.0 Å². The van der Waals surface area contributed by atoms with Gasteiger partial charge < -0.3 is 16.0 Å². The van der Waals surface area contributed by atoms with Crippen molar-refractivity contribution in [1.82, 2.24) is 5.32 Å². The summed E-state index contributed by atoms with van der Waals surface area (Å²) in [5.41, 5.74) is 2.39. The summed E-state index contributed by atoms with van der Waals surface area (Å²) in [5, 5.41) is 10.1. The maximum absolute atomic E-state index is 12.4. The molecule has 1 aromatic carbocycles. The van der Waals surface area contributed by atoms with Crippen LogP contribution in [0.15, 0.2) is 29.6 Å². The van der Waals surface area contributed by atoms with Crippen LogP contribution in [-0.4, -0.2) is 17.7 Å². The number of anilines is 2. The standard InChI is InChI=1S/C17H19N3O3S/c1-10-4-5-24-16(10)9-18-17(23)13-6-14(19-11(2)21)8-15(7-13)20-12(3)22/h4-8H,9H2,1-3H3,(H,18,23)(H,19,21)(H,20,22). The lowest BCUT2D eigenvalue weighted by Crippen LogP contribution is -2.23. The smallest absolute Gasteiger partial charge is 0.251 e. The predicted octanol–water partition coefficient (Wildman–Crippen LogP) is 2.90. The molecule has 1 heterocycles. The van der Waals surface area contributed by atoms with E-state index in [2.05, 4.69) is 16.0 Å². The van der Waals surface area contributed by atoms with Gasteiger partial charge in [0.05, 0.1) is 6.54 Å². The number of carbonyl (C=O) groups is 3. The van der Waals surface area contributed by atoms with E-state index in [-0.39, 0.29) is 17.7 Å². The van der Waals surface area contributed by atoms with E-state index in [1.54, 1.807) is 29.5 Å². The molecular weight excluding hydrogens is 326 g/mol. The van der Waals surface area contributed by atoms with Crippen LogP contribution in [0.2, 0.25) is 0 Å². The van der Waals surface area contributed by atoms with Crippen molar-refractivity contribution in [2.75, 3.05) is 10.6 Å². The number of benzene rings is 1. The maximum atomic E-state index is 12.4. The zero-order chi connectivity index (χ0) is 17.7. The summed E-state index contributed by atoms with van der Waals surface area (Å²) in [4.78, 5) is 36.0. The number of amides is 3. The Hall–Kier alpha value is -2.67. The van der Waals surface area contributed by atoms with E-state index in [9.17, 15) is 14.4 Å². The Morgan fingerprint density at radius 2 is 1.58 bits per heavy atom. The van der Waals surface area contributed by atoms with Gasteiger partial charge in [-0.2, -0.15) is 0 Å². The van der Waals surface area contributed by atoms with Crippen LogP contribution in [0.25, 0.3) is 0 Å². The fourth-order valence-electron chi connectivity index (χ4n) is 2.16. The minimum atomic E-state index is -0.276. The second-order valence-electron chi connectivity index (χ2n) is 5.37. The molecule has 0 saturated carbocycles. The maximum Gasteiger partial charge on any atom is 0.251 e. The summed E-state index contributed by atoms with van der Waals surface area (Å²) in [5.74, 6) is -0.785. The molecule has 3 N–H and O–H groups in total. The lowest BCUT2D eigenvalue weighted by molar-refractivity contribution is -0.115. The van der Waals surface area contributed by atoms with E-state index in [1.807, 2.05) is 18.4 Å². The number of thiophene rings is 1. The molecule has 7 heteroatoms. The monoisotopic (exact) mass is 345 g/mol. The predicted molar refractivity (Wildman–Crippen MR) is 95.3 cm³/mol. The molecule has 0 spiro atoms. The number of rotatable bonds is 5. The van der Waals surface area contributed by atoms with E-state index < -0.39 is 0 Å². The largest absolute Gasteiger partial charge is 0.347 e. The Bertz CT molecular complexity index is 749. The van der Waals surface area contributed by atoms with Gasteiger partial charge in [-0.25, -0.2) is 0 Å². The van der Waals surface area contributed by atoms with Crippen LogP contribution in [0.3, 0.4) is 0 Å². The average molecular weight is 345 g/mol. The minimum Gasteiger partial charge on any atom is -0.347 e. The molecule has 0 atom stereocenters. The number of nitrogens with one attached hydrogen (secondary N) is 3. The molecule has 0 saturated heterocycles. The summed E-state index contributed by atoms with van der Waals surface area (Å²) >= 11 is 1.58. The van der Waals surface area contributed by atoms with Gasteiger partial charge in [0.25, 0.3) is 5.91 Å². The van der Waals surface area contributed by atoms with Crippen molar-refractivity contribution in [3.63, 3.8) is 0 Å². The normalized spacial score (nSPS) is 10.1. The van der Waals surface area contributed by atoms with Crippen molar-refractivity contribution in [2.45, 2.75) is 27.3 Å². The molecule has 24 heavy (non-hydrogen) atoms. The third-order valence-electron chi connectivity index (χ3n) is 3.21. The highest BCUT2D eigenvalue weighted by molar-refractivity contribution is 7.10. The van der Waals surface area contributed by atoms with Gasteiger partial charge in [-0.15, -0.1) is 11.3 Å². The Balaban J connectivity index is 2.19. The van der Waals surface area contributed by atoms with E-state index >= 15 is 0 Å². The second-order valence-corrected chi connectivity index (χ2v) is 6.37. The molecule has 2 rings (SSSR count). The molecule has 0 aliphatic heterocycles. The first-order chi connectivity index (χ1) is 11.3. The van der Waals surface area contributed by atoms with Gasteiger partial charge >= 0.3 is 0 Å². The van der Waals surface area contributed by atoms with Gasteiger partial charge in [-0.05, 0) is 42.1 Å². The van der Waals surface area contributed by atoms with Crippen LogP contribution in [0, 0.1) is 6.92 Å². The Labute approximate surface area is 144 Å². The Morgan fingerprint density at radius 1 is 1.00 bits per heavy atom. The van der Waals surface area contributed by atoms with Crippen LogP contribution in [0.1, 0.15) is 34.6 Å². The van der Waals surface area contributed by atoms with Crippen molar-refractivity contribution in [1.29, 1.82) is 0 Å². The molecule has 0 aliphatic carbocycles. The van der Waals surface area contributed by atoms with Gasteiger partial charge in [-0.3, -0.25) is 14.4 Å². The van der Waals surface area contributed by atoms with E-state index in [1.165, 1.54) is 13.8 Å². The SMILES string of the molecule is CC(=O)Nc1cc(NC(C)=O)cc(C(=O)NCc2sccc2C)c1. The highest BCUT2D eigenvalue weighted by Crippen LogP contribution is 2.20. The van der Waals surface area contributed by atoms with Crippen LogP contribution in [0.4, 0.5) is 11.4 Å².